The number of halogens is 2. The highest BCUT2D eigenvalue weighted by molar-refractivity contribution is 6.47. The van der Waals surface area contributed by atoms with Gasteiger partial charge in [-0.25, -0.2) is 0 Å². The van der Waals surface area contributed by atoms with Crippen LogP contribution < -0.4 is 5.32 Å². The molecule has 0 aliphatic carbocycles. The standard InChI is InChI=1S/C28H33Cl2N3O3/c1-6-31-25(34)19-9-7-18(8-10-19)17(2)33-26(35)24(20-13-21(29)15-22(30)14-20)32-28(33)11-12-36-23(16-28)27(3,4)5/h7-10,13-15,17,23H,6,11-12,16H2,1-5H3,(H,31,34)/t17-,23?,28?/m1/s1. The Labute approximate surface area is 223 Å². The van der Waals surface area contributed by atoms with Crippen LogP contribution in [0.25, 0.3) is 0 Å². The van der Waals surface area contributed by atoms with E-state index in [0.717, 1.165) is 5.56 Å². The number of nitrogens with zero attached hydrogens (tertiary/aromatic N) is 2. The fraction of sp³-hybridized carbons (Fsp3) is 0.464. The number of hydrogen-bond donors (Lipinski definition) is 1. The molecule has 2 aromatic carbocycles. The van der Waals surface area contributed by atoms with Gasteiger partial charge in [0.15, 0.2) is 0 Å². The number of rotatable bonds is 5. The van der Waals surface area contributed by atoms with Crippen LogP contribution in [0.1, 0.15) is 75.0 Å². The van der Waals surface area contributed by atoms with Gasteiger partial charge in [-0.3, -0.25) is 14.6 Å². The van der Waals surface area contributed by atoms with Crippen molar-refractivity contribution in [2.75, 3.05) is 13.2 Å². The maximum absolute atomic E-state index is 14.0. The van der Waals surface area contributed by atoms with E-state index in [2.05, 4.69) is 26.1 Å². The lowest BCUT2D eigenvalue weighted by Crippen LogP contribution is -2.55. The minimum atomic E-state index is -0.755. The largest absolute Gasteiger partial charge is 0.377 e. The monoisotopic (exact) mass is 529 g/mol. The summed E-state index contributed by atoms with van der Waals surface area (Å²) in [6.45, 7) is 11.4. The van der Waals surface area contributed by atoms with E-state index in [0.29, 0.717) is 52.9 Å². The molecule has 0 bridgehead atoms. The third-order valence-corrected chi connectivity index (χ3v) is 7.44. The van der Waals surface area contributed by atoms with Gasteiger partial charge in [0.25, 0.3) is 11.8 Å². The molecule has 2 amide bonds. The van der Waals surface area contributed by atoms with E-state index < -0.39 is 5.66 Å². The molecule has 2 aliphatic rings. The second kappa shape index (κ2) is 10.2. The lowest BCUT2D eigenvalue weighted by Gasteiger charge is -2.47. The molecular formula is C28H33Cl2N3O3. The summed E-state index contributed by atoms with van der Waals surface area (Å²) >= 11 is 12.6. The van der Waals surface area contributed by atoms with Crippen molar-refractivity contribution in [2.24, 2.45) is 10.4 Å². The topological polar surface area (TPSA) is 71.0 Å². The zero-order valence-electron chi connectivity index (χ0n) is 21.4. The molecule has 8 heteroatoms. The van der Waals surface area contributed by atoms with Crippen LogP contribution in [-0.4, -0.2) is 47.3 Å². The van der Waals surface area contributed by atoms with Crippen LogP contribution in [0, 0.1) is 5.41 Å². The zero-order valence-corrected chi connectivity index (χ0v) is 22.9. The number of nitrogens with one attached hydrogen (secondary N) is 1. The van der Waals surface area contributed by atoms with Gasteiger partial charge in [0.05, 0.1) is 18.8 Å². The normalized spacial score (nSPS) is 23.1. The molecule has 2 aliphatic heterocycles. The number of carbonyl (C=O) groups is 2. The summed E-state index contributed by atoms with van der Waals surface area (Å²) in [4.78, 5) is 33.3. The minimum Gasteiger partial charge on any atom is -0.377 e. The predicted molar refractivity (Wildman–Crippen MR) is 144 cm³/mol. The highest BCUT2D eigenvalue weighted by atomic mass is 35.5. The maximum Gasteiger partial charge on any atom is 0.275 e. The first-order valence-electron chi connectivity index (χ1n) is 12.3. The van der Waals surface area contributed by atoms with E-state index in [4.69, 9.17) is 32.9 Å². The number of amides is 2. The average molecular weight is 530 g/mol. The van der Waals surface area contributed by atoms with Crippen LogP contribution >= 0.6 is 23.2 Å². The first-order chi connectivity index (χ1) is 16.9. The first-order valence-corrected chi connectivity index (χ1v) is 13.1. The summed E-state index contributed by atoms with van der Waals surface area (Å²) in [5.41, 5.74) is 1.61. The van der Waals surface area contributed by atoms with E-state index in [9.17, 15) is 9.59 Å². The fourth-order valence-corrected chi connectivity index (χ4v) is 5.58. The van der Waals surface area contributed by atoms with Crippen molar-refractivity contribution in [3.8, 4) is 0 Å². The molecule has 0 aromatic heterocycles. The van der Waals surface area contributed by atoms with Crippen LogP contribution in [0.5, 0.6) is 0 Å². The minimum absolute atomic E-state index is 0.0695. The molecule has 0 saturated carbocycles. The maximum atomic E-state index is 14.0. The van der Waals surface area contributed by atoms with Crippen molar-refractivity contribution < 1.29 is 14.3 Å². The summed E-state index contributed by atoms with van der Waals surface area (Å²) < 4.78 is 6.15. The molecule has 1 N–H and O–H groups in total. The average Bonchev–Trinajstić information content (AvgIpc) is 3.09. The third-order valence-electron chi connectivity index (χ3n) is 7.01. The molecule has 2 heterocycles. The smallest absolute Gasteiger partial charge is 0.275 e. The number of carbonyl (C=O) groups excluding carboxylic acids is 2. The quantitative estimate of drug-likeness (QED) is 0.511. The summed E-state index contributed by atoms with van der Waals surface area (Å²) in [6.07, 6.45) is 1.10. The molecule has 6 nitrogen and oxygen atoms in total. The van der Waals surface area contributed by atoms with E-state index >= 15 is 0 Å². The van der Waals surface area contributed by atoms with Gasteiger partial charge in [-0.15, -0.1) is 0 Å². The summed E-state index contributed by atoms with van der Waals surface area (Å²) in [5.74, 6) is -0.283. The molecule has 36 heavy (non-hydrogen) atoms. The molecule has 2 aromatic rings. The Kier molecular flexibility index (Phi) is 7.52. The lowest BCUT2D eigenvalue weighted by molar-refractivity contribution is -0.144. The van der Waals surface area contributed by atoms with Crippen molar-refractivity contribution >= 4 is 40.7 Å². The van der Waals surface area contributed by atoms with Crippen molar-refractivity contribution in [3.05, 3.63) is 69.2 Å². The molecule has 0 radical (unpaired) electrons. The van der Waals surface area contributed by atoms with Crippen molar-refractivity contribution in [1.29, 1.82) is 0 Å². The Bertz CT molecular complexity index is 1170. The fourth-order valence-electron chi connectivity index (χ4n) is 5.05. The van der Waals surface area contributed by atoms with Crippen molar-refractivity contribution in [3.63, 3.8) is 0 Å². The van der Waals surface area contributed by atoms with Gasteiger partial charge in [-0.05, 0) is 55.2 Å². The number of ether oxygens (including phenoxy) is 1. The van der Waals surface area contributed by atoms with E-state index in [1.807, 2.05) is 30.9 Å². The van der Waals surface area contributed by atoms with Gasteiger partial charge in [0, 0.05) is 40.6 Å². The highest BCUT2D eigenvalue weighted by Crippen LogP contribution is 2.46. The molecule has 1 saturated heterocycles. The van der Waals surface area contributed by atoms with E-state index in [1.165, 1.54) is 0 Å². The van der Waals surface area contributed by atoms with Crippen LogP contribution in [0.2, 0.25) is 10.0 Å². The summed E-state index contributed by atoms with van der Waals surface area (Å²) in [5, 5.41) is 3.72. The molecular weight excluding hydrogens is 497 g/mol. The first kappa shape index (κ1) is 26.6. The van der Waals surface area contributed by atoms with Crippen LogP contribution in [0.4, 0.5) is 0 Å². The predicted octanol–water partition coefficient (Wildman–Crippen LogP) is 6.06. The van der Waals surface area contributed by atoms with Gasteiger partial charge in [-0.2, -0.15) is 0 Å². The Morgan fingerprint density at radius 3 is 2.42 bits per heavy atom. The van der Waals surface area contributed by atoms with Crippen molar-refractivity contribution in [2.45, 2.75) is 65.3 Å². The van der Waals surface area contributed by atoms with Gasteiger partial charge in [0.1, 0.15) is 11.4 Å². The van der Waals surface area contributed by atoms with Crippen LogP contribution in [0.15, 0.2) is 47.5 Å². The Hall–Kier alpha value is -2.41. The van der Waals surface area contributed by atoms with Gasteiger partial charge < -0.3 is 15.0 Å². The SMILES string of the molecule is CCNC(=O)c1ccc([C@@H](C)N2C(=O)C(c3cc(Cl)cc(Cl)c3)=NC23CCOC(C(C)(C)C)C3)cc1. The summed E-state index contributed by atoms with van der Waals surface area (Å²) in [7, 11) is 0. The zero-order chi connectivity index (χ0) is 26.3. The van der Waals surface area contributed by atoms with Crippen molar-refractivity contribution in [1.82, 2.24) is 10.2 Å². The number of aliphatic imine (C=N–C) groups is 1. The lowest BCUT2D eigenvalue weighted by atomic mass is 9.80. The Morgan fingerprint density at radius 2 is 1.83 bits per heavy atom. The number of benzene rings is 2. The number of hydrogen-bond acceptors (Lipinski definition) is 4. The molecule has 3 atom stereocenters. The Balaban J connectivity index is 1.75. The third kappa shape index (κ3) is 5.17. The van der Waals surface area contributed by atoms with E-state index in [1.54, 1.807) is 30.3 Å². The summed E-state index contributed by atoms with van der Waals surface area (Å²) in [6, 6.07) is 12.2. The molecule has 2 unspecified atom stereocenters. The molecule has 4 rings (SSSR count). The molecule has 1 fully saturated rings. The Morgan fingerprint density at radius 1 is 1.19 bits per heavy atom. The van der Waals surface area contributed by atoms with E-state index in [-0.39, 0.29) is 29.4 Å². The van der Waals surface area contributed by atoms with Crippen LogP contribution in [0.3, 0.4) is 0 Å². The van der Waals surface area contributed by atoms with Gasteiger partial charge in [0.2, 0.25) is 0 Å². The van der Waals surface area contributed by atoms with Gasteiger partial charge in [-0.1, -0.05) is 56.1 Å². The van der Waals surface area contributed by atoms with Gasteiger partial charge >= 0.3 is 0 Å². The highest BCUT2D eigenvalue weighted by Gasteiger charge is 2.53. The second-order valence-electron chi connectivity index (χ2n) is 10.6. The molecule has 1 spiro atoms. The van der Waals surface area contributed by atoms with Crippen LogP contribution in [-0.2, 0) is 9.53 Å². The second-order valence-corrected chi connectivity index (χ2v) is 11.5. The molecule has 192 valence electrons.